The van der Waals surface area contributed by atoms with Crippen molar-refractivity contribution in [3.05, 3.63) is 82.4 Å². The van der Waals surface area contributed by atoms with Crippen molar-refractivity contribution in [3.8, 4) is 5.75 Å². The van der Waals surface area contributed by atoms with Crippen LogP contribution in [0.15, 0.2) is 66.2 Å². The van der Waals surface area contributed by atoms with Gasteiger partial charge in [0.25, 0.3) is 11.8 Å². The highest BCUT2D eigenvalue weighted by atomic mass is 35.5. The number of ether oxygens (including phenoxy) is 1. The molecular formula is C28H25ClN2O4. The molecule has 3 aromatic carbocycles. The number of rotatable bonds is 5. The smallest absolute Gasteiger partial charge is 0.331 e. The third-order valence-corrected chi connectivity index (χ3v) is 6.85. The van der Waals surface area contributed by atoms with Crippen molar-refractivity contribution < 1.29 is 19.1 Å². The van der Waals surface area contributed by atoms with Crippen molar-refractivity contribution in [2.75, 3.05) is 0 Å². The Hall–Kier alpha value is -3.64. The van der Waals surface area contributed by atoms with E-state index in [0.717, 1.165) is 48.4 Å². The minimum atomic E-state index is -0.691. The lowest BCUT2D eigenvalue weighted by atomic mass is 9.93. The Morgan fingerprint density at radius 3 is 2.46 bits per heavy atom. The average molecular weight is 489 g/mol. The van der Waals surface area contributed by atoms with Gasteiger partial charge in [-0.1, -0.05) is 73.3 Å². The van der Waals surface area contributed by atoms with E-state index in [0.29, 0.717) is 22.9 Å². The van der Waals surface area contributed by atoms with E-state index in [1.165, 1.54) is 4.90 Å². The Morgan fingerprint density at radius 2 is 1.69 bits per heavy atom. The zero-order chi connectivity index (χ0) is 24.4. The molecule has 0 radical (unpaired) electrons. The molecule has 178 valence electrons. The maximum absolute atomic E-state index is 13.4. The van der Waals surface area contributed by atoms with Crippen molar-refractivity contribution in [3.63, 3.8) is 0 Å². The second kappa shape index (κ2) is 9.92. The number of carbonyl (C=O) groups is 3. The third-order valence-electron chi connectivity index (χ3n) is 6.60. The average Bonchev–Trinajstić information content (AvgIpc) is 2.87. The van der Waals surface area contributed by atoms with Crippen LogP contribution in [0, 0.1) is 0 Å². The van der Waals surface area contributed by atoms with Crippen LogP contribution >= 0.6 is 11.6 Å². The summed E-state index contributed by atoms with van der Waals surface area (Å²) < 4.78 is 6.14. The van der Waals surface area contributed by atoms with E-state index in [4.69, 9.17) is 16.3 Å². The summed E-state index contributed by atoms with van der Waals surface area (Å²) in [6.07, 6.45) is 6.07. The molecule has 2 fully saturated rings. The summed E-state index contributed by atoms with van der Waals surface area (Å²) >= 11 is 5.99. The minimum Gasteiger partial charge on any atom is -0.488 e. The molecule has 0 atom stereocenters. The van der Waals surface area contributed by atoms with Crippen LogP contribution in [0.5, 0.6) is 5.75 Å². The lowest BCUT2D eigenvalue weighted by Crippen LogP contribution is -2.58. The predicted octanol–water partition coefficient (Wildman–Crippen LogP) is 5.87. The van der Waals surface area contributed by atoms with Gasteiger partial charge in [0.15, 0.2) is 0 Å². The largest absolute Gasteiger partial charge is 0.488 e. The molecule has 3 aromatic rings. The highest BCUT2D eigenvalue weighted by Crippen LogP contribution is 2.33. The van der Waals surface area contributed by atoms with E-state index < -0.39 is 17.8 Å². The van der Waals surface area contributed by atoms with Gasteiger partial charge in [-0.2, -0.15) is 0 Å². The molecule has 7 heteroatoms. The number of nitrogens with one attached hydrogen (secondary N) is 1. The zero-order valence-corrected chi connectivity index (χ0v) is 19.9. The van der Waals surface area contributed by atoms with Crippen LogP contribution in [-0.2, 0) is 16.2 Å². The first-order valence-corrected chi connectivity index (χ1v) is 12.2. The first-order chi connectivity index (χ1) is 17.0. The molecule has 5 rings (SSSR count). The maximum atomic E-state index is 13.4. The maximum Gasteiger partial charge on any atom is 0.331 e. The van der Waals surface area contributed by atoms with Gasteiger partial charge in [0.05, 0.1) is 0 Å². The summed E-state index contributed by atoms with van der Waals surface area (Å²) in [6.45, 7) is 0.290. The molecule has 0 unspecified atom stereocenters. The van der Waals surface area contributed by atoms with Crippen molar-refractivity contribution in [2.45, 2.75) is 44.8 Å². The SMILES string of the molecule is O=C1NC(=O)N(C2CCCCC2)C(=O)C1=Cc1c(OCc2ccc(Cl)cc2)ccc2ccccc12. The molecule has 1 aliphatic heterocycles. The zero-order valence-electron chi connectivity index (χ0n) is 19.1. The number of fused-ring (bicyclic) bond motifs is 1. The highest BCUT2D eigenvalue weighted by Gasteiger charge is 2.40. The van der Waals surface area contributed by atoms with Crippen LogP contribution in [0.4, 0.5) is 4.79 Å². The molecule has 0 aromatic heterocycles. The van der Waals surface area contributed by atoms with Crippen molar-refractivity contribution in [1.82, 2.24) is 10.2 Å². The van der Waals surface area contributed by atoms with Crippen LogP contribution in [0.2, 0.25) is 5.02 Å². The number of benzene rings is 3. The number of hydrogen-bond acceptors (Lipinski definition) is 4. The number of barbiturate groups is 1. The van der Waals surface area contributed by atoms with Gasteiger partial charge in [-0.25, -0.2) is 4.79 Å². The summed E-state index contributed by atoms with van der Waals surface area (Å²) in [7, 11) is 0. The van der Waals surface area contributed by atoms with Gasteiger partial charge < -0.3 is 4.74 Å². The fourth-order valence-electron chi connectivity index (χ4n) is 4.78. The van der Waals surface area contributed by atoms with Crippen molar-refractivity contribution >= 4 is 46.3 Å². The lowest BCUT2D eigenvalue weighted by molar-refractivity contribution is -0.132. The Labute approximate surface area is 208 Å². The molecule has 35 heavy (non-hydrogen) atoms. The molecule has 1 saturated carbocycles. The number of carbonyl (C=O) groups excluding carboxylic acids is 3. The van der Waals surface area contributed by atoms with Gasteiger partial charge >= 0.3 is 6.03 Å². The molecule has 1 aliphatic carbocycles. The molecular weight excluding hydrogens is 464 g/mol. The molecule has 4 amide bonds. The van der Waals surface area contributed by atoms with Crippen molar-refractivity contribution in [1.29, 1.82) is 0 Å². The first-order valence-electron chi connectivity index (χ1n) is 11.8. The van der Waals surface area contributed by atoms with E-state index in [-0.39, 0.29) is 11.6 Å². The number of imide groups is 2. The fourth-order valence-corrected chi connectivity index (χ4v) is 4.90. The van der Waals surface area contributed by atoms with Gasteiger partial charge in [-0.05, 0) is 53.5 Å². The molecule has 0 bridgehead atoms. The first kappa shape index (κ1) is 23.1. The molecule has 1 saturated heterocycles. The van der Waals surface area contributed by atoms with Gasteiger partial charge in [0.1, 0.15) is 17.9 Å². The molecule has 2 aliphatic rings. The summed E-state index contributed by atoms with van der Waals surface area (Å²) in [4.78, 5) is 40.1. The summed E-state index contributed by atoms with van der Waals surface area (Å²) in [5.74, 6) is -0.709. The van der Waals surface area contributed by atoms with Gasteiger partial charge in [0.2, 0.25) is 0 Å². The number of amides is 4. The van der Waals surface area contributed by atoms with Crippen LogP contribution in [0.3, 0.4) is 0 Å². The van der Waals surface area contributed by atoms with Gasteiger partial charge in [-0.15, -0.1) is 0 Å². The molecule has 0 spiro atoms. The van der Waals surface area contributed by atoms with E-state index in [2.05, 4.69) is 5.32 Å². The van der Waals surface area contributed by atoms with E-state index in [1.807, 2.05) is 48.5 Å². The lowest BCUT2D eigenvalue weighted by Gasteiger charge is -2.35. The second-order valence-corrected chi connectivity index (χ2v) is 9.33. The number of halogens is 1. The summed E-state index contributed by atoms with van der Waals surface area (Å²) in [5, 5.41) is 4.80. The van der Waals surface area contributed by atoms with E-state index in [1.54, 1.807) is 18.2 Å². The van der Waals surface area contributed by atoms with Crippen molar-refractivity contribution in [2.24, 2.45) is 0 Å². The fraction of sp³-hybridized carbons (Fsp3) is 0.250. The molecule has 1 N–H and O–H groups in total. The van der Waals surface area contributed by atoms with Crippen LogP contribution < -0.4 is 10.1 Å². The topological polar surface area (TPSA) is 75.7 Å². The van der Waals surface area contributed by atoms with Crippen LogP contribution in [-0.4, -0.2) is 28.8 Å². The summed E-state index contributed by atoms with van der Waals surface area (Å²) in [6, 6.07) is 18.0. The van der Waals surface area contributed by atoms with E-state index in [9.17, 15) is 14.4 Å². The van der Waals surface area contributed by atoms with Gasteiger partial charge in [0, 0.05) is 16.6 Å². The molecule has 1 heterocycles. The minimum absolute atomic E-state index is 0.0668. The van der Waals surface area contributed by atoms with Crippen LogP contribution in [0.25, 0.3) is 16.8 Å². The predicted molar refractivity (Wildman–Crippen MR) is 135 cm³/mol. The summed E-state index contributed by atoms with van der Waals surface area (Å²) in [5.41, 5.74) is 1.48. The number of nitrogens with zero attached hydrogens (tertiary/aromatic N) is 1. The van der Waals surface area contributed by atoms with Crippen LogP contribution in [0.1, 0.15) is 43.2 Å². The quantitative estimate of drug-likeness (QED) is 0.360. The Bertz CT molecular complexity index is 1330. The third kappa shape index (κ3) is 4.80. The number of hydrogen-bond donors (Lipinski definition) is 1. The van der Waals surface area contributed by atoms with E-state index >= 15 is 0 Å². The Morgan fingerprint density at radius 1 is 0.943 bits per heavy atom. The second-order valence-electron chi connectivity index (χ2n) is 8.90. The normalized spacial score (nSPS) is 18.3. The Kier molecular flexibility index (Phi) is 6.55. The monoisotopic (exact) mass is 488 g/mol. The number of urea groups is 1. The standard InChI is InChI=1S/C28H25ClN2O4/c29-20-13-10-18(11-14-20)17-35-25-15-12-19-6-4-5-9-22(19)23(25)16-24-26(32)30-28(34)31(27(24)33)21-7-2-1-3-8-21/h4-6,9-16,21H,1-3,7-8,17H2,(H,30,32,34). The Balaban J connectivity index is 1.53. The highest BCUT2D eigenvalue weighted by molar-refractivity contribution is 6.31. The molecule has 6 nitrogen and oxygen atoms in total. The van der Waals surface area contributed by atoms with Gasteiger partial charge in [-0.3, -0.25) is 19.8 Å².